The summed E-state index contributed by atoms with van der Waals surface area (Å²) in [5.41, 5.74) is 0.603. The molecule has 2 aromatic rings. The Morgan fingerprint density at radius 1 is 1.11 bits per heavy atom. The standard InChI is InChI=1S/C19H21ClN2O4S/c20-15-8-9-17(23)16(13-15)21-19(24)12-14-6-2-3-7-18(14)27(25,26)22-10-4-1-5-11-22/h2-3,6-9,13,23H,1,4-5,10-12H2,(H,21,24). The highest BCUT2D eigenvalue weighted by molar-refractivity contribution is 7.89. The SMILES string of the molecule is O=C(Cc1ccccc1S(=O)(=O)N1CCCCC1)Nc1cc(Cl)ccc1O. The molecular formula is C19H21ClN2O4S. The first kappa shape index (κ1) is 19.7. The van der Waals surface area contributed by atoms with Gasteiger partial charge in [0.2, 0.25) is 15.9 Å². The van der Waals surface area contributed by atoms with Crippen molar-refractivity contribution in [3.05, 3.63) is 53.1 Å². The Hall–Kier alpha value is -2.09. The highest BCUT2D eigenvalue weighted by Crippen LogP contribution is 2.28. The molecule has 1 aliphatic rings. The first-order valence-electron chi connectivity index (χ1n) is 8.74. The monoisotopic (exact) mass is 408 g/mol. The molecule has 2 aromatic carbocycles. The molecule has 0 atom stereocenters. The maximum Gasteiger partial charge on any atom is 0.243 e. The number of rotatable bonds is 5. The van der Waals surface area contributed by atoms with Gasteiger partial charge in [-0.1, -0.05) is 36.2 Å². The molecular weight excluding hydrogens is 388 g/mol. The number of piperidine rings is 1. The van der Waals surface area contributed by atoms with Gasteiger partial charge < -0.3 is 10.4 Å². The van der Waals surface area contributed by atoms with Crippen molar-refractivity contribution < 1.29 is 18.3 Å². The predicted octanol–water partition coefficient (Wildman–Crippen LogP) is 3.40. The lowest BCUT2D eigenvalue weighted by molar-refractivity contribution is -0.115. The second-order valence-electron chi connectivity index (χ2n) is 6.46. The van der Waals surface area contributed by atoms with Crippen molar-refractivity contribution in [1.29, 1.82) is 0 Å². The molecule has 0 radical (unpaired) electrons. The van der Waals surface area contributed by atoms with Gasteiger partial charge in [0.05, 0.1) is 17.0 Å². The fraction of sp³-hybridized carbons (Fsp3) is 0.316. The number of hydrogen-bond donors (Lipinski definition) is 2. The molecule has 1 fully saturated rings. The van der Waals surface area contributed by atoms with E-state index in [4.69, 9.17) is 11.6 Å². The normalized spacial score (nSPS) is 15.4. The Kier molecular flexibility index (Phi) is 6.04. The van der Waals surface area contributed by atoms with Crippen molar-refractivity contribution in [3.8, 4) is 5.75 Å². The Morgan fingerprint density at radius 3 is 2.56 bits per heavy atom. The van der Waals surface area contributed by atoms with Gasteiger partial charge in [-0.15, -0.1) is 0 Å². The topological polar surface area (TPSA) is 86.7 Å². The van der Waals surface area contributed by atoms with E-state index >= 15 is 0 Å². The van der Waals surface area contributed by atoms with E-state index in [-0.39, 0.29) is 22.8 Å². The van der Waals surface area contributed by atoms with Crippen molar-refractivity contribution in [2.75, 3.05) is 18.4 Å². The number of halogens is 1. The molecule has 27 heavy (non-hydrogen) atoms. The fourth-order valence-electron chi connectivity index (χ4n) is 3.12. The van der Waals surface area contributed by atoms with E-state index in [1.165, 1.54) is 28.6 Å². The van der Waals surface area contributed by atoms with E-state index in [0.717, 1.165) is 19.3 Å². The summed E-state index contributed by atoms with van der Waals surface area (Å²) in [6.45, 7) is 0.999. The van der Waals surface area contributed by atoms with Crippen LogP contribution in [0.25, 0.3) is 0 Å². The maximum absolute atomic E-state index is 13.0. The number of nitrogens with one attached hydrogen (secondary N) is 1. The minimum atomic E-state index is -3.64. The van der Waals surface area contributed by atoms with Crippen molar-refractivity contribution >= 4 is 33.2 Å². The number of anilines is 1. The average molecular weight is 409 g/mol. The van der Waals surface area contributed by atoms with Crippen molar-refractivity contribution in [2.24, 2.45) is 0 Å². The number of hydrogen-bond acceptors (Lipinski definition) is 4. The molecule has 0 unspecified atom stereocenters. The third-order valence-electron chi connectivity index (χ3n) is 4.49. The zero-order valence-electron chi connectivity index (χ0n) is 14.7. The largest absolute Gasteiger partial charge is 0.506 e. The van der Waals surface area contributed by atoms with Crippen LogP contribution in [0.15, 0.2) is 47.4 Å². The third kappa shape index (κ3) is 4.61. The lowest BCUT2D eigenvalue weighted by atomic mass is 10.1. The van der Waals surface area contributed by atoms with Gasteiger partial charge in [0.15, 0.2) is 0 Å². The van der Waals surface area contributed by atoms with Gasteiger partial charge in [0.1, 0.15) is 5.75 Å². The van der Waals surface area contributed by atoms with Gasteiger partial charge in [-0.05, 0) is 42.7 Å². The summed E-state index contributed by atoms with van der Waals surface area (Å²) in [5.74, 6) is -0.546. The summed E-state index contributed by atoms with van der Waals surface area (Å²) >= 11 is 5.88. The van der Waals surface area contributed by atoms with Gasteiger partial charge in [-0.25, -0.2) is 8.42 Å². The molecule has 0 saturated carbocycles. The summed E-state index contributed by atoms with van der Waals surface area (Å²) in [6.07, 6.45) is 2.58. The summed E-state index contributed by atoms with van der Waals surface area (Å²) in [7, 11) is -3.64. The van der Waals surface area contributed by atoms with Crippen LogP contribution >= 0.6 is 11.6 Å². The zero-order valence-corrected chi connectivity index (χ0v) is 16.3. The molecule has 3 rings (SSSR count). The fourth-order valence-corrected chi connectivity index (χ4v) is 5.03. The average Bonchev–Trinajstić information content (AvgIpc) is 2.66. The molecule has 1 saturated heterocycles. The number of aromatic hydroxyl groups is 1. The predicted molar refractivity (Wildman–Crippen MR) is 105 cm³/mol. The van der Waals surface area contributed by atoms with Gasteiger partial charge in [-0.3, -0.25) is 4.79 Å². The lowest BCUT2D eigenvalue weighted by Crippen LogP contribution is -2.36. The molecule has 1 aliphatic heterocycles. The van der Waals surface area contributed by atoms with E-state index in [9.17, 15) is 18.3 Å². The number of sulfonamides is 1. The Morgan fingerprint density at radius 2 is 1.81 bits per heavy atom. The highest BCUT2D eigenvalue weighted by Gasteiger charge is 2.28. The molecule has 1 heterocycles. The van der Waals surface area contributed by atoms with E-state index in [2.05, 4.69) is 5.32 Å². The Bertz CT molecular complexity index is 940. The number of phenols is 1. The van der Waals surface area contributed by atoms with Crippen LogP contribution < -0.4 is 5.32 Å². The molecule has 0 spiro atoms. The smallest absolute Gasteiger partial charge is 0.243 e. The van der Waals surface area contributed by atoms with E-state index in [1.807, 2.05) is 0 Å². The van der Waals surface area contributed by atoms with Crippen LogP contribution in [-0.2, 0) is 21.2 Å². The van der Waals surface area contributed by atoms with Crippen LogP contribution in [0.1, 0.15) is 24.8 Å². The third-order valence-corrected chi connectivity index (χ3v) is 6.72. The highest BCUT2D eigenvalue weighted by atomic mass is 35.5. The van der Waals surface area contributed by atoms with Crippen LogP contribution in [0, 0.1) is 0 Å². The summed E-state index contributed by atoms with van der Waals surface area (Å²) in [6, 6.07) is 10.8. The van der Waals surface area contributed by atoms with E-state index < -0.39 is 15.9 Å². The summed E-state index contributed by atoms with van der Waals surface area (Å²) < 4.78 is 27.4. The summed E-state index contributed by atoms with van der Waals surface area (Å²) in [5, 5.41) is 12.8. The van der Waals surface area contributed by atoms with Crippen LogP contribution in [0.4, 0.5) is 5.69 Å². The summed E-state index contributed by atoms with van der Waals surface area (Å²) in [4.78, 5) is 12.6. The van der Waals surface area contributed by atoms with E-state index in [1.54, 1.807) is 18.2 Å². The number of carbonyl (C=O) groups is 1. The van der Waals surface area contributed by atoms with Crippen LogP contribution in [0.3, 0.4) is 0 Å². The van der Waals surface area contributed by atoms with Gasteiger partial charge in [0.25, 0.3) is 0 Å². The second kappa shape index (κ2) is 8.29. The van der Waals surface area contributed by atoms with Crippen LogP contribution in [0.2, 0.25) is 5.02 Å². The van der Waals surface area contributed by atoms with Gasteiger partial charge in [-0.2, -0.15) is 4.31 Å². The van der Waals surface area contributed by atoms with Crippen molar-refractivity contribution in [2.45, 2.75) is 30.6 Å². The minimum Gasteiger partial charge on any atom is -0.506 e. The first-order chi connectivity index (χ1) is 12.9. The second-order valence-corrected chi connectivity index (χ2v) is 8.80. The van der Waals surface area contributed by atoms with Crippen molar-refractivity contribution in [3.63, 3.8) is 0 Å². The molecule has 2 N–H and O–H groups in total. The maximum atomic E-state index is 13.0. The van der Waals surface area contributed by atoms with E-state index in [0.29, 0.717) is 23.7 Å². The molecule has 1 amide bonds. The number of phenolic OH excluding ortho intramolecular Hbond substituents is 1. The molecule has 6 nitrogen and oxygen atoms in total. The number of nitrogens with zero attached hydrogens (tertiary/aromatic N) is 1. The molecule has 144 valence electrons. The lowest BCUT2D eigenvalue weighted by Gasteiger charge is -2.26. The minimum absolute atomic E-state index is 0.109. The van der Waals surface area contributed by atoms with Crippen LogP contribution in [0.5, 0.6) is 5.75 Å². The van der Waals surface area contributed by atoms with Gasteiger partial charge in [0, 0.05) is 18.1 Å². The first-order valence-corrected chi connectivity index (χ1v) is 10.6. The number of amides is 1. The molecule has 8 heteroatoms. The molecule has 0 aromatic heterocycles. The zero-order chi connectivity index (χ0) is 19.4. The number of benzene rings is 2. The Balaban J connectivity index is 1.81. The quantitative estimate of drug-likeness (QED) is 0.742. The number of carbonyl (C=O) groups excluding carboxylic acids is 1. The van der Waals surface area contributed by atoms with Gasteiger partial charge >= 0.3 is 0 Å². The Labute approximate surface area is 163 Å². The van der Waals surface area contributed by atoms with Crippen LogP contribution in [-0.4, -0.2) is 36.8 Å². The molecule has 0 bridgehead atoms. The molecule has 0 aliphatic carbocycles. The van der Waals surface area contributed by atoms with Crippen molar-refractivity contribution in [1.82, 2.24) is 4.31 Å².